The van der Waals surface area contributed by atoms with E-state index in [0.29, 0.717) is 32.1 Å². The van der Waals surface area contributed by atoms with Gasteiger partial charge < -0.3 is 64.9 Å². The number of allylic oxidation sites excluding steroid dienone is 2. The van der Waals surface area contributed by atoms with Crippen LogP contribution in [0.3, 0.4) is 0 Å². The minimum Gasteiger partial charge on any atom is -0.481 e. The molecule has 9 N–H and O–H groups in total. The van der Waals surface area contributed by atoms with Crippen LogP contribution in [-0.4, -0.2) is 139 Å². The SMILES string of the molecule is CC1(C)CC[C@]2(C(=O)O)CC[C@]3(C)C(=CC[C@@H]4[C@@]5(C)CC[C@H](O[C@@H]6O[C@H](CO)[C@@H](O)[C@H](O[C@@H]7O[C@H](CO)[C@H](O)[C@H](O)[C@H]7O)[C@H]6O)[C@@](C)(C(=O)O)[C@@H]5CC[C@]43C)[C@@H]2C1. The monoisotopic (exact) mass is 810 g/mol. The van der Waals surface area contributed by atoms with Gasteiger partial charge in [-0.05, 0) is 111 Å². The molecule has 6 fully saturated rings. The van der Waals surface area contributed by atoms with Gasteiger partial charge in [0.25, 0.3) is 0 Å². The number of fused-ring (bicyclic) bond motifs is 7. The first-order valence-electron chi connectivity index (χ1n) is 21.0. The molecule has 19 atom stereocenters. The van der Waals surface area contributed by atoms with Crippen LogP contribution < -0.4 is 0 Å². The normalized spacial score (nSPS) is 53.3. The lowest BCUT2D eigenvalue weighted by Gasteiger charge is -2.71. The van der Waals surface area contributed by atoms with Crippen molar-refractivity contribution < 1.29 is 74.5 Å². The number of carboxylic acids is 2. The van der Waals surface area contributed by atoms with Crippen molar-refractivity contribution in [1.82, 2.24) is 0 Å². The Balaban J connectivity index is 1.16. The van der Waals surface area contributed by atoms with E-state index in [1.807, 2.05) is 0 Å². The van der Waals surface area contributed by atoms with Crippen molar-refractivity contribution in [2.24, 2.45) is 50.2 Å². The van der Waals surface area contributed by atoms with Crippen LogP contribution in [0, 0.1) is 50.2 Å². The number of aliphatic carboxylic acids is 2. The Morgan fingerprint density at radius 1 is 0.702 bits per heavy atom. The van der Waals surface area contributed by atoms with Gasteiger partial charge >= 0.3 is 11.9 Å². The number of carbonyl (C=O) groups is 2. The third-order valence-corrected chi connectivity index (χ3v) is 17.4. The summed E-state index contributed by atoms with van der Waals surface area (Å²) < 4.78 is 23.5. The molecule has 0 aromatic carbocycles. The van der Waals surface area contributed by atoms with Crippen LogP contribution in [0.15, 0.2) is 11.6 Å². The number of hydrogen-bond acceptors (Lipinski definition) is 13. The summed E-state index contributed by atoms with van der Waals surface area (Å²) in [5.74, 6) is -2.05. The van der Waals surface area contributed by atoms with E-state index in [1.165, 1.54) is 5.57 Å². The smallest absolute Gasteiger partial charge is 0.312 e. The van der Waals surface area contributed by atoms with Gasteiger partial charge in [-0.1, -0.05) is 46.3 Å². The zero-order valence-electron chi connectivity index (χ0n) is 34.1. The molecule has 15 heteroatoms. The topological polar surface area (TPSA) is 253 Å². The maximum Gasteiger partial charge on any atom is 0.312 e. The molecular formula is C42H66O15. The fraction of sp³-hybridized carbons (Fsp3) is 0.905. The molecule has 0 aromatic rings. The van der Waals surface area contributed by atoms with E-state index >= 15 is 0 Å². The highest BCUT2D eigenvalue weighted by molar-refractivity contribution is 5.77. The Morgan fingerprint density at radius 2 is 1.32 bits per heavy atom. The van der Waals surface area contributed by atoms with E-state index in [2.05, 4.69) is 40.7 Å². The molecule has 2 aliphatic heterocycles. The van der Waals surface area contributed by atoms with E-state index in [-0.39, 0.29) is 34.0 Å². The standard InChI is InChI=1S/C42H66O15/c1-37(2)13-15-42(36(52)53)16-14-39(4)20(21(42)17-37)7-8-24-38(3)11-10-26(41(6,35(50)51)25(38)9-12-40(24,39)5)56-34-31(49)32(28(46)23(19-44)55-34)57-33-30(48)29(47)27(45)22(18-43)54-33/h7,21-34,43-49H,8-19H2,1-6H3,(H,50,51)(H,52,53)/t21-,22+,23+,24+,25+,26-,27-,28+,29-,30+,31+,32-,33-,34-,38+,39+,40+,41-,42-/m0/s1. The van der Waals surface area contributed by atoms with E-state index in [0.717, 1.165) is 32.1 Å². The fourth-order valence-electron chi connectivity index (χ4n) is 13.6. The van der Waals surface area contributed by atoms with Crippen molar-refractivity contribution in [1.29, 1.82) is 0 Å². The third-order valence-electron chi connectivity index (χ3n) is 17.4. The molecule has 7 rings (SSSR count). The summed E-state index contributed by atoms with van der Waals surface area (Å²) in [7, 11) is 0. The second-order valence-electron chi connectivity index (χ2n) is 20.4. The summed E-state index contributed by atoms with van der Waals surface area (Å²) in [6.45, 7) is 11.6. The van der Waals surface area contributed by atoms with E-state index < -0.39 is 109 Å². The van der Waals surface area contributed by atoms with Crippen LogP contribution in [-0.2, 0) is 28.5 Å². The van der Waals surface area contributed by atoms with Gasteiger partial charge in [0.1, 0.15) is 48.8 Å². The minimum atomic E-state index is -1.84. The lowest BCUT2D eigenvalue weighted by molar-refractivity contribution is -0.369. The maximum atomic E-state index is 13.6. The average Bonchev–Trinajstić information content (AvgIpc) is 3.15. The molecule has 2 heterocycles. The summed E-state index contributed by atoms with van der Waals surface area (Å²) in [6.07, 6.45) is -8.28. The van der Waals surface area contributed by atoms with Gasteiger partial charge in [0.2, 0.25) is 0 Å². The van der Waals surface area contributed by atoms with Crippen LogP contribution in [0.25, 0.3) is 0 Å². The van der Waals surface area contributed by atoms with Gasteiger partial charge in [0.15, 0.2) is 12.6 Å². The summed E-state index contributed by atoms with van der Waals surface area (Å²) in [4.78, 5) is 26.7. The Morgan fingerprint density at radius 3 is 1.93 bits per heavy atom. The van der Waals surface area contributed by atoms with Gasteiger partial charge in [-0.25, -0.2) is 0 Å². The molecule has 324 valence electrons. The lowest BCUT2D eigenvalue weighted by Crippen LogP contribution is -2.68. The molecule has 0 aromatic heterocycles. The molecule has 0 bridgehead atoms. The predicted molar refractivity (Wildman–Crippen MR) is 200 cm³/mol. The molecule has 57 heavy (non-hydrogen) atoms. The first kappa shape index (κ1) is 43.3. The Bertz CT molecular complexity index is 1590. The summed E-state index contributed by atoms with van der Waals surface area (Å²) >= 11 is 0. The average molecular weight is 811 g/mol. The van der Waals surface area contributed by atoms with Gasteiger partial charge in [-0.15, -0.1) is 0 Å². The molecule has 0 unspecified atom stereocenters. The van der Waals surface area contributed by atoms with Crippen molar-refractivity contribution in [2.45, 2.75) is 173 Å². The molecule has 0 radical (unpaired) electrons. The first-order valence-corrected chi connectivity index (χ1v) is 21.0. The highest BCUT2D eigenvalue weighted by Gasteiger charge is 2.71. The lowest BCUT2D eigenvalue weighted by atomic mass is 9.33. The van der Waals surface area contributed by atoms with Crippen LogP contribution in [0.1, 0.15) is 106 Å². The molecule has 0 amide bonds. The number of aliphatic hydroxyl groups is 7. The molecule has 15 nitrogen and oxygen atoms in total. The number of aliphatic hydroxyl groups excluding tert-OH is 7. The zero-order chi connectivity index (χ0) is 41.8. The number of rotatable bonds is 8. The first-order chi connectivity index (χ1) is 26.6. The van der Waals surface area contributed by atoms with Crippen molar-refractivity contribution in [2.75, 3.05) is 13.2 Å². The summed E-state index contributed by atoms with van der Waals surface area (Å²) in [5.41, 5.74) is -1.83. The van der Waals surface area contributed by atoms with Crippen molar-refractivity contribution in [3.8, 4) is 0 Å². The molecule has 4 saturated carbocycles. The van der Waals surface area contributed by atoms with E-state index in [1.54, 1.807) is 6.92 Å². The molecular weight excluding hydrogens is 744 g/mol. The van der Waals surface area contributed by atoms with Gasteiger partial charge in [0, 0.05) is 0 Å². The Labute approximate surface area is 334 Å². The number of hydrogen-bond donors (Lipinski definition) is 9. The molecule has 2 saturated heterocycles. The van der Waals surface area contributed by atoms with Gasteiger partial charge in [-0.2, -0.15) is 0 Å². The van der Waals surface area contributed by atoms with Crippen LogP contribution in [0.5, 0.6) is 0 Å². The zero-order valence-corrected chi connectivity index (χ0v) is 34.1. The number of carboxylic acid groups (broad SMARTS) is 2. The van der Waals surface area contributed by atoms with Gasteiger partial charge in [-0.3, -0.25) is 9.59 Å². The quantitative estimate of drug-likeness (QED) is 0.126. The van der Waals surface area contributed by atoms with Crippen molar-refractivity contribution in [3.05, 3.63) is 11.6 Å². The minimum absolute atomic E-state index is 0.0305. The Hall–Kier alpha value is -1.76. The van der Waals surface area contributed by atoms with Crippen molar-refractivity contribution in [3.63, 3.8) is 0 Å². The second kappa shape index (κ2) is 14.7. The number of ether oxygens (including phenoxy) is 4. The largest absolute Gasteiger partial charge is 0.481 e. The van der Waals surface area contributed by atoms with Crippen LogP contribution in [0.4, 0.5) is 0 Å². The van der Waals surface area contributed by atoms with E-state index in [9.17, 15) is 55.5 Å². The molecule has 0 spiro atoms. The summed E-state index contributed by atoms with van der Waals surface area (Å²) in [5, 5.41) is 95.5. The summed E-state index contributed by atoms with van der Waals surface area (Å²) in [6, 6.07) is 0. The fourth-order valence-corrected chi connectivity index (χ4v) is 13.6. The third kappa shape index (κ3) is 6.30. The molecule has 5 aliphatic carbocycles. The highest BCUT2D eigenvalue weighted by atomic mass is 16.7. The second-order valence-corrected chi connectivity index (χ2v) is 20.4. The van der Waals surface area contributed by atoms with Crippen LogP contribution in [0.2, 0.25) is 0 Å². The van der Waals surface area contributed by atoms with E-state index in [4.69, 9.17) is 18.9 Å². The molecule has 7 aliphatic rings. The maximum absolute atomic E-state index is 13.6. The van der Waals surface area contributed by atoms with Gasteiger partial charge in [0.05, 0.1) is 30.1 Å². The Kier molecular flexibility index (Phi) is 11.2. The highest BCUT2D eigenvalue weighted by Crippen LogP contribution is 2.76. The van der Waals surface area contributed by atoms with Crippen molar-refractivity contribution >= 4 is 11.9 Å². The predicted octanol–water partition coefficient (Wildman–Crippen LogP) is 1.95. The van der Waals surface area contributed by atoms with Crippen LogP contribution >= 0.6 is 0 Å².